The standard InChI is InChI=1S/C18H20N2O/c1-12-4-3-5-15(8-12)20-18(21)17-11-19-10-14-7-6-13(2)9-16(14)17/h3-9,17,19H,10-11H2,1-2H3,(H,20,21). The van der Waals surface area contributed by atoms with Crippen molar-refractivity contribution in [3.63, 3.8) is 0 Å². The molecule has 3 nitrogen and oxygen atoms in total. The average molecular weight is 280 g/mol. The molecule has 0 aromatic heterocycles. The number of fused-ring (bicyclic) bond motifs is 1. The zero-order valence-electron chi connectivity index (χ0n) is 12.4. The summed E-state index contributed by atoms with van der Waals surface area (Å²) in [5, 5.41) is 6.36. The van der Waals surface area contributed by atoms with Crippen molar-refractivity contribution in [1.82, 2.24) is 5.32 Å². The van der Waals surface area contributed by atoms with E-state index in [4.69, 9.17) is 0 Å². The summed E-state index contributed by atoms with van der Waals surface area (Å²) >= 11 is 0. The second-order valence-electron chi connectivity index (χ2n) is 5.74. The summed E-state index contributed by atoms with van der Waals surface area (Å²) in [6.07, 6.45) is 0. The van der Waals surface area contributed by atoms with Crippen molar-refractivity contribution in [2.75, 3.05) is 11.9 Å². The number of anilines is 1. The molecule has 1 atom stereocenters. The van der Waals surface area contributed by atoms with Crippen molar-refractivity contribution in [2.45, 2.75) is 26.3 Å². The number of carbonyl (C=O) groups is 1. The number of hydrogen-bond acceptors (Lipinski definition) is 2. The fourth-order valence-corrected chi connectivity index (χ4v) is 2.85. The van der Waals surface area contributed by atoms with Crippen LogP contribution < -0.4 is 10.6 Å². The summed E-state index contributed by atoms with van der Waals surface area (Å²) in [7, 11) is 0. The van der Waals surface area contributed by atoms with Crippen LogP contribution in [-0.4, -0.2) is 12.5 Å². The van der Waals surface area contributed by atoms with Crippen molar-refractivity contribution in [3.05, 3.63) is 64.7 Å². The van der Waals surface area contributed by atoms with Crippen LogP contribution in [-0.2, 0) is 11.3 Å². The Morgan fingerprint density at radius 2 is 1.95 bits per heavy atom. The SMILES string of the molecule is Cc1cccc(NC(=O)C2CNCc3ccc(C)cc32)c1. The number of carbonyl (C=O) groups excluding carboxylic acids is 1. The van der Waals surface area contributed by atoms with Crippen molar-refractivity contribution < 1.29 is 4.79 Å². The van der Waals surface area contributed by atoms with Gasteiger partial charge in [0.1, 0.15) is 0 Å². The number of amides is 1. The highest BCUT2D eigenvalue weighted by molar-refractivity contribution is 5.96. The molecule has 0 aliphatic carbocycles. The van der Waals surface area contributed by atoms with Crippen molar-refractivity contribution in [2.24, 2.45) is 0 Å². The van der Waals surface area contributed by atoms with Crippen LogP contribution in [0.4, 0.5) is 5.69 Å². The first kappa shape index (κ1) is 13.8. The van der Waals surface area contributed by atoms with Gasteiger partial charge < -0.3 is 10.6 Å². The summed E-state index contributed by atoms with van der Waals surface area (Å²) in [5.74, 6) is -0.0752. The molecule has 1 aliphatic rings. The Kier molecular flexibility index (Phi) is 3.76. The lowest BCUT2D eigenvalue weighted by Crippen LogP contribution is -2.35. The largest absolute Gasteiger partial charge is 0.326 e. The van der Waals surface area contributed by atoms with Gasteiger partial charge in [-0.05, 0) is 42.7 Å². The first-order valence-electron chi connectivity index (χ1n) is 7.31. The third-order valence-electron chi connectivity index (χ3n) is 3.94. The Hall–Kier alpha value is -2.13. The molecule has 2 N–H and O–H groups in total. The highest BCUT2D eigenvalue weighted by Crippen LogP contribution is 2.26. The molecule has 1 aliphatic heterocycles. The highest BCUT2D eigenvalue weighted by Gasteiger charge is 2.26. The quantitative estimate of drug-likeness (QED) is 0.887. The summed E-state index contributed by atoms with van der Waals surface area (Å²) < 4.78 is 0. The van der Waals surface area contributed by atoms with Gasteiger partial charge >= 0.3 is 0 Å². The van der Waals surface area contributed by atoms with E-state index in [1.807, 2.05) is 31.2 Å². The summed E-state index contributed by atoms with van der Waals surface area (Å²) in [6, 6.07) is 14.3. The number of hydrogen-bond donors (Lipinski definition) is 2. The van der Waals surface area contributed by atoms with Gasteiger partial charge in [-0.3, -0.25) is 4.79 Å². The van der Waals surface area contributed by atoms with Gasteiger partial charge in [-0.1, -0.05) is 35.9 Å². The minimum Gasteiger partial charge on any atom is -0.326 e. The lowest BCUT2D eigenvalue weighted by Gasteiger charge is -2.26. The molecule has 0 spiro atoms. The molecule has 1 unspecified atom stereocenters. The molecule has 0 bridgehead atoms. The molecule has 3 heteroatoms. The van der Waals surface area contributed by atoms with Gasteiger partial charge in [0.05, 0.1) is 5.92 Å². The Morgan fingerprint density at radius 1 is 1.14 bits per heavy atom. The number of aryl methyl sites for hydroxylation is 2. The Morgan fingerprint density at radius 3 is 2.76 bits per heavy atom. The molecule has 2 aromatic rings. The monoisotopic (exact) mass is 280 g/mol. The van der Waals surface area contributed by atoms with Gasteiger partial charge in [0, 0.05) is 18.8 Å². The van der Waals surface area contributed by atoms with E-state index < -0.39 is 0 Å². The molecule has 0 saturated carbocycles. The van der Waals surface area contributed by atoms with Gasteiger partial charge in [0.15, 0.2) is 0 Å². The van der Waals surface area contributed by atoms with Crippen molar-refractivity contribution in [1.29, 1.82) is 0 Å². The molecule has 0 radical (unpaired) electrons. The minimum absolute atomic E-state index is 0.0552. The summed E-state index contributed by atoms with van der Waals surface area (Å²) in [5.41, 5.74) is 5.57. The zero-order chi connectivity index (χ0) is 14.8. The first-order valence-corrected chi connectivity index (χ1v) is 7.31. The van der Waals surface area contributed by atoms with Crippen LogP contribution in [0.3, 0.4) is 0 Å². The molecule has 21 heavy (non-hydrogen) atoms. The molecule has 0 fully saturated rings. The van der Waals surface area contributed by atoms with Gasteiger partial charge in [0.25, 0.3) is 0 Å². The minimum atomic E-state index is -0.130. The van der Waals surface area contributed by atoms with E-state index in [1.54, 1.807) is 0 Å². The van der Waals surface area contributed by atoms with Gasteiger partial charge in [-0.15, -0.1) is 0 Å². The van der Waals surface area contributed by atoms with E-state index in [9.17, 15) is 4.79 Å². The highest BCUT2D eigenvalue weighted by atomic mass is 16.1. The van der Waals surface area contributed by atoms with Crippen LogP contribution in [0.1, 0.15) is 28.2 Å². The molecule has 3 rings (SSSR count). The summed E-state index contributed by atoms with van der Waals surface area (Å²) in [6.45, 7) is 5.62. The van der Waals surface area contributed by atoms with Crippen LogP contribution in [0.15, 0.2) is 42.5 Å². The second kappa shape index (κ2) is 5.70. The van der Waals surface area contributed by atoms with Gasteiger partial charge in [0.2, 0.25) is 5.91 Å². The Bertz CT molecular complexity index is 679. The van der Waals surface area contributed by atoms with E-state index in [2.05, 4.69) is 35.8 Å². The third-order valence-corrected chi connectivity index (χ3v) is 3.94. The summed E-state index contributed by atoms with van der Waals surface area (Å²) in [4.78, 5) is 12.6. The predicted octanol–water partition coefficient (Wildman–Crippen LogP) is 3.13. The Labute approximate surface area is 125 Å². The second-order valence-corrected chi connectivity index (χ2v) is 5.74. The number of nitrogens with one attached hydrogen (secondary N) is 2. The molecule has 2 aromatic carbocycles. The van der Waals surface area contributed by atoms with Crippen molar-refractivity contribution >= 4 is 11.6 Å². The van der Waals surface area contributed by atoms with E-state index in [-0.39, 0.29) is 11.8 Å². The maximum Gasteiger partial charge on any atom is 0.233 e. The normalized spacial score (nSPS) is 17.1. The maximum atomic E-state index is 12.6. The third kappa shape index (κ3) is 2.98. The van der Waals surface area contributed by atoms with Crippen LogP contribution in [0.5, 0.6) is 0 Å². The fraction of sp³-hybridized carbons (Fsp3) is 0.278. The van der Waals surface area contributed by atoms with Crippen molar-refractivity contribution in [3.8, 4) is 0 Å². The van der Waals surface area contributed by atoms with Crippen LogP contribution in [0.25, 0.3) is 0 Å². The van der Waals surface area contributed by atoms with Gasteiger partial charge in [-0.25, -0.2) is 0 Å². The number of benzene rings is 2. The topological polar surface area (TPSA) is 41.1 Å². The number of rotatable bonds is 2. The predicted molar refractivity (Wildman–Crippen MR) is 85.4 cm³/mol. The maximum absolute atomic E-state index is 12.6. The fourth-order valence-electron chi connectivity index (χ4n) is 2.85. The molecule has 108 valence electrons. The molecular weight excluding hydrogens is 260 g/mol. The molecular formula is C18H20N2O. The molecule has 0 saturated heterocycles. The van der Waals surface area contributed by atoms with E-state index in [1.165, 1.54) is 11.1 Å². The van der Waals surface area contributed by atoms with Gasteiger partial charge in [-0.2, -0.15) is 0 Å². The zero-order valence-corrected chi connectivity index (χ0v) is 12.4. The van der Waals surface area contributed by atoms with E-state index >= 15 is 0 Å². The lowest BCUT2D eigenvalue weighted by atomic mass is 9.89. The van der Waals surface area contributed by atoms with Crippen LogP contribution in [0.2, 0.25) is 0 Å². The van der Waals surface area contributed by atoms with E-state index in [0.29, 0.717) is 6.54 Å². The van der Waals surface area contributed by atoms with Crippen LogP contribution >= 0.6 is 0 Å². The lowest BCUT2D eigenvalue weighted by molar-refractivity contribution is -0.117. The van der Waals surface area contributed by atoms with E-state index in [0.717, 1.165) is 23.4 Å². The Balaban J connectivity index is 1.85. The molecule has 1 heterocycles. The smallest absolute Gasteiger partial charge is 0.233 e. The first-order chi connectivity index (χ1) is 10.1. The molecule has 1 amide bonds. The average Bonchev–Trinajstić information content (AvgIpc) is 2.46. The van der Waals surface area contributed by atoms with Crippen LogP contribution in [0, 0.1) is 13.8 Å².